The van der Waals surface area contributed by atoms with Crippen molar-refractivity contribution in [3.05, 3.63) is 78.3 Å². The average Bonchev–Trinajstić information content (AvgIpc) is 3.56. The summed E-state index contributed by atoms with van der Waals surface area (Å²) in [5.41, 5.74) is 0.642. The molecule has 5 rings (SSSR count). The zero-order chi connectivity index (χ0) is 24.2. The number of methoxy groups -OCH3 is 1. The summed E-state index contributed by atoms with van der Waals surface area (Å²) in [6.45, 7) is 1.09. The van der Waals surface area contributed by atoms with E-state index in [2.05, 4.69) is 4.98 Å². The number of fused-ring (bicyclic) bond motifs is 2. The summed E-state index contributed by atoms with van der Waals surface area (Å²) in [5, 5.41) is 3.31. The molecule has 0 spiro atoms. The van der Waals surface area contributed by atoms with Crippen LogP contribution in [-0.4, -0.2) is 40.7 Å². The summed E-state index contributed by atoms with van der Waals surface area (Å²) in [7, 11) is 1.59. The summed E-state index contributed by atoms with van der Waals surface area (Å²) >= 11 is 7.79. The van der Waals surface area contributed by atoms with Crippen LogP contribution in [0, 0.1) is 0 Å². The van der Waals surface area contributed by atoms with Gasteiger partial charge in [0, 0.05) is 25.5 Å². The van der Waals surface area contributed by atoms with E-state index in [1.165, 1.54) is 11.3 Å². The Labute approximate surface area is 223 Å². The quantitative estimate of drug-likeness (QED) is 0.220. The maximum atomic E-state index is 13.4. The number of imidazole rings is 1. The lowest BCUT2D eigenvalue weighted by molar-refractivity contribution is -0.120. The first kappa shape index (κ1) is 25.8. The van der Waals surface area contributed by atoms with E-state index in [1.54, 1.807) is 36.7 Å². The molecule has 5 aromatic rings. The zero-order valence-corrected chi connectivity index (χ0v) is 21.9. The molecule has 0 fully saturated rings. The number of aryl methyl sites for hydroxylation is 1. The van der Waals surface area contributed by atoms with Gasteiger partial charge in [-0.3, -0.25) is 9.69 Å². The van der Waals surface area contributed by atoms with Gasteiger partial charge in [0.05, 0.1) is 23.2 Å². The number of anilines is 1. The highest BCUT2D eigenvalue weighted by Gasteiger charge is 2.22. The summed E-state index contributed by atoms with van der Waals surface area (Å²) < 4.78 is 14.1. The van der Waals surface area contributed by atoms with Crippen LogP contribution < -0.4 is 14.4 Å². The van der Waals surface area contributed by atoms with Crippen LogP contribution in [0.1, 0.15) is 6.42 Å². The number of hydrogen-bond acceptors (Lipinski definition) is 6. The van der Waals surface area contributed by atoms with E-state index in [9.17, 15) is 4.79 Å². The first-order valence-corrected chi connectivity index (χ1v) is 12.3. The Kier molecular flexibility index (Phi) is 8.30. The Morgan fingerprint density at radius 3 is 2.75 bits per heavy atom. The first-order chi connectivity index (χ1) is 17.1. The minimum Gasteiger partial charge on any atom is -0.494 e. The molecule has 2 aromatic heterocycles. The van der Waals surface area contributed by atoms with Gasteiger partial charge in [-0.25, -0.2) is 9.97 Å². The summed E-state index contributed by atoms with van der Waals surface area (Å²) in [5.74, 6) is 1.08. The minimum absolute atomic E-state index is 0. The number of thiazole rings is 1. The lowest BCUT2D eigenvalue weighted by Gasteiger charge is -2.20. The number of carbonyl (C=O) groups is 1. The van der Waals surface area contributed by atoms with Crippen molar-refractivity contribution in [1.82, 2.24) is 14.5 Å². The van der Waals surface area contributed by atoms with Crippen LogP contribution in [0.15, 0.2) is 73.3 Å². The molecule has 0 unspecified atom stereocenters. The minimum atomic E-state index is -0.182. The van der Waals surface area contributed by atoms with E-state index >= 15 is 0 Å². The number of hydrogen-bond donors (Lipinski definition) is 0. The van der Waals surface area contributed by atoms with Gasteiger partial charge in [-0.1, -0.05) is 53.3 Å². The highest BCUT2D eigenvalue weighted by molar-refractivity contribution is 7.23. The second kappa shape index (κ2) is 11.6. The second-order valence-corrected chi connectivity index (χ2v) is 9.31. The first-order valence-electron chi connectivity index (χ1n) is 11.1. The van der Waals surface area contributed by atoms with Gasteiger partial charge in [0.15, 0.2) is 11.7 Å². The van der Waals surface area contributed by atoms with E-state index in [-0.39, 0.29) is 24.9 Å². The predicted molar refractivity (Wildman–Crippen MR) is 147 cm³/mol. The molecule has 0 aliphatic carbocycles. The number of amides is 1. The van der Waals surface area contributed by atoms with Gasteiger partial charge in [-0.15, -0.1) is 12.4 Å². The van der Waals surface area contributed by atoms with Crippen molar-refractivity contribution in [3.63, 3.8) is 0 Å². The molecule has 7 nitrogen and oxygen atoms in total. The van der Waals surface area contributed by atoms with Crippen LogP contribution in [0.25, 0.3) is 21.0 Å². The van der Waals surface area contributed by atoms with Crippen molar-refractivity contribution in [3.8, 4) is 11.5 Å². The van der Waals surface area contributed by atoms with Crippen LogP contribution in [0.2, 0.25) is 5.02 Å². The zero-order valence-electron chi connectivity index (χ0n) is 19.5. The summed E-state index contributed by atoms with van der Waals surface area (Å²) in [4.78, 5) is 23.8. The average molecular weight is 543 g/mol. The largest absolute Gasteiger partial charge is 0.494 e. The van der Waals surface area contributed by atoms with E-state index < -0.39 is 0 Å². The van der Waals surface area contributed by atoms with Crippen molar-refractivity contribution in [2.45, 2.75) is 13.0 Å². The number of ether oxygens (including phenoxy) is 2. The lowest BCUT2D eigenvalue weighted by atomic mass is 10.1. The van der Waals surface area contributed by atoms with Gasteiger partial charge in [0.2, 0.25) is 0 Å². The Morgan fingerprint density at radius 1 is 1.14 bits per heavy atom. The van der Waals surface area contributed by atoms with E-state index in [0.717, 1.165) is 28.4 Å². The predicted octanol–water partition coefficient (Wildman–Crippen LogP) is 6.23. The Hall–Kier alpha value is -3.33. The number of benzene rings is 3. The maximum absolute atomic E-state index is 13.4. The number of halogens is 2. The summed E-state index contributed by atoms with van der Waals surface area (Å²) in [6, 6.07) is 17.4. The van der Waals surface area contributed by atoms with Gasteiger partial charge in [-0.05, 0) is 41.5 Å². The molecule has 0 aliphatic heterocycles. The van der Waals surface area contributed by atoms with Crippen molar-refractivity contribution in [2.24, 2.45) is 0 Å². The smallest absolute Gasteiger partial charge is 0.266 e. The highest BCUT2D eigenvalue weighted by Crippen LogP contribution is 2.38. The van der Waals surface area contributed by atoms with Crippen molar-refractivity contribution in [1.29, 1.82) is 0 Å². The Balaban J connectivity index is 0.00000304. The molecule has 0 radical (unpaired) electrons. The molecule has 1 amide bonds. The number of carbonyl (C=O) groups excluding carboxylic acids is 1. The molecule has 2 heterocycles. The molecule has 10 heteroatoms. The number of rotatable bonds is 9. The van der Waals surface area contributed by atoms with Crippen molar-refractivity contribution < 1.29 is 14.3 Å². The fraction of sp³-hybridized carbons (Fsp3) is 0.192. The molecule has 0 saturated carbocycles. The normalized spacial score (nSPS) is 10.8. The summed E-state index contributed by atoms with van der Waals surface area (Å²) in [6.07, 6.45) is 6.12. The third-order valence-corrected chi connectivity index (χ3v) is 7.18. The van der Waals surface area contributed by atoms with Gasteiger partial charge in [0.25, 0.3) is 5.91 Å². The third-order valence-electron chi connectivity index (χ3n) is 5.64. The Bertz CT molecular complexity index is 1470. The number of aromatic nitrogens is 3. The number of nitrogens with zero attached hydrogens (tertiary/aromatic N) is 4. The second-order valence-electron chi connectivity index (χ2n) is 7.92. The van der Waals surface area contributed by atoms with Gasteiger partial charge < -0.3 is 14.0 Å². The molecule has 0 saturated heterocycles. The molecule has 186 valence electrons. The molecule has 3 aromatic carbocycles. The molecule has 36 heavy (non-hydrogen) atoms. The fourth-order valence-corrected chi connectivity index (χ4v) is 5.16. The molecule has 0 bridgehead atoms. The van der Waals surface area contributed by atoms with Crippen molar-refractivity contribution >= 4 is 67.4 Å². The van der Waals surface area contributed by atoms with E-state index in [4.69, 9.17) is 26.1 Å². The molecule has 0 N–H and O–H groups in total. The van der Waals surface area contributed by atoms with Gasteiger partial charge >= 0.3 is 0 Å². The van der Waals surface area contributed by atoms with Crippen LogP contribution >= 0.6 is 35.3 Å². The van der Waals surface area contributed by atoms with Gasteiger partial charge in [-0.2, -0.15) is 0 Å². The monoisotopic (exact) mass is 542 g/mol. The van der Waals surface area contributed by atoms with Crippen molar-refractivity contribution in [2.75, 3.05) is 25.2 Å². The molecule has 0 atom stereocenters. The van der Waals surface area contributed by atoms with E-state index in [1.807, 2.05) is 53.2 Å². The topological polar surface area (TPSA) is 69.5 Å². The molecule has 0 aliphatic rings. The molecular weight excluding hydrogens is 519 g/mol. The van der Waals surface area contributed by atoms with Crippen LogP contribution in [0.4, 0.5) is 5.13 Å². The van der Waals surface area contributed by atoms with Gasteiger partial charge in [0.1, 0.15) is 17.0 Å². The fourth-order valence-electron chi connectivity index (χ4n) is 3.86. The van der Waals surface area contributed by atoms with E-state index in [0.29, 0.717) is 33.7 Å². The maximum Gasteiger partial charge on any atom is 0.266 e. The van der Waals surface area contributed by atoms with Crippen LogP contribution in [0.3, 0.4) is 0 Å². The highest BCUT2D eigenvalue weighted by atomic mass is 35.5. The van der Waals surface area contributed by atoms with Crippen LogP contribution in [0.5, 0.6) is 11.5 Å². The molecular formula is C26H24Cl2N4O3S. The lowest BCUT2D eigenvalue weighted by Crippen LogP contribution is -2.36. The Morgan fingerprint density at radius 2 is 1.97 bits per heavy atom. The van der Waals surface area contributed by atoms with Crippen LogP contribution in [-0.2, 0) is 11.3 Å². The standard InChI is InChI=1S/C26H23ClN4O3S.ClH/c1-33-22-10-9-21(27)25-24(22)29-26(35-25)31(13-4-12-30-14-11-28-17-30)23(32)16-34-20-8-7-18-5-2-3-6-19(18)15-20;/h2-3,5-11,14-15,17H,4,12-13,16H2,1H3;1H. The third kappa shape index (κ3) is 5.56. The SMILES string of the molecule is COc1ccc(Cl)c2sc(N(CCCn3ccnc3)C(=O)COc3ccc4ccccc4c3)nc12.Cl.